The van der Waals surface area contributed by atoms with Crippen LogP contribution in [0.4, 0.5) is 0 Å². The third-order valence-corrected chi connectivity index (χ3v) is 4.10. The second kappa shape index (κ2) is 9.14. The average Bonchev–Trinajstić information content (AvgIpc) is 2.69. The second-order valence-electron chi connectivity index (χ2n) is 5.81. The Labute approximate surface area is 148 Å². The lowest BCUT2D eigenvalue weighted by Crippen LogP contribution is -2.40. The van der Waals surface area contributed by atoms with Gasteiger partial charge >= 0.3 is 5.97 Å². The molecule has 0 saturated carbocycles. The number of benzene rings is 2. The molecule has 0 bridgehead atoms. The minimum absolute atomic E-state index is 0.105. The lowest BCUT2D eigenvalue weighted by Gasteiger charge is -2.33. The van der Waals surface area contributed by atoms with Crippen LogP contribution in [-0.4, -0.2) is 25.5 Å². The van der Waals surface area contributed by atoms with Gasteiger partial charge in [-0.1, -0.05) is 67.6 Å². The van der Waals surface area contributed by atoms with Crippen molar-refractivity contribution in [2.75, 3.05) is 13.7 Å². The maximum atomic E-state index is 13.4. The number of rotatable bonds is 9. The molecule has 4 heteroatoms. The van der Waals surface area contributed by atoms with Crippen LogP contribution in [0.1, 0.15) is 42.1 Å². The molecule has 0 amide bonds. The van der Waals surface area contributed by atoms with E-state index in [0.29, 0.717) is 12.2 Å². The monoisotopic (exact) mass is 340 g/mol. The number of ether oxygens (including phenoxy) is 2. The molecule has 0 aromatic heterocycles. The number of esters is 1. The molecule has 1 atom stereocenters. The van der Waals surface area contributed by atoms with E-state index in [2.05, 4.69) is 0 Å². The Bertz CT molecular complexity index is 682. The second-order valence-corrected chi connectivity index (χ2v) is 5.81. The van der Waals surface area contributed by atoms with E-state index in [0.717, 1.165) is 12.0 Å². The van der Waals surface area contributed by atoms with Crippen molar-refractivity contribution in [3.05, 3.63) is 71.8 Å². The smallest absolute Gasteiger partial charge is 0.305 e. The lowest BCUT2D eigenvalue weighted by atomic mass is 9.82. The Kier molecular flexibility index (Phi) is 6.90. The highest BCUT2D eigenvalue weighted by Gasteiger charge is 2.41. The molecule has 0 heterocycles. The summed E-state index contributed by atoms with van der Waals surface area (Å²) in [4.78, 5) is 25.1. The fraction of sp³-hybridized carbons (Fsp3) is 0.333. The van der Waals surface area contributed by atoms with Crippen LogP contribution in [0.5, 0.6) is 0 Å². The standard InChI is InChI=1S/C21H24O4/c1-3-16-25-21(15-14-19(22)24-2,18-12-8-5-9-13-18)20(23)17-10-6-4-7-11-17/h4-13H,3,14-16H2,1-2H3. The summed E-state index contributed by atoms with van der Waals surface area (Å²) in [6.45, 7) is 2.41. The van der Waals surface area contributed by atoms with Crippen LogP contribution in [0.3, 0.4) is 0 Å². The van der Waals surface area contributed by atoms with Gasteiger partial charge in [0, 0.05) is 18.6 Å². The first-order valence-electron chi connectivity index (χ1n) is 8.50. The average molecular weight is 340 g/mol. The summed E-state index contributed by atoms with van der Waals surface area (Å²) in [5.74, 6) is -0.502. The van der Waals surface area contributed by atoms with Gasteiger partial charge in [-0.05, 0) is 18.4 Å². The summed E-state index contributed by atoms with van der Waals surface area (Å²) in [5.41, 5.74) is 0.112. The molecule has 0 aliphatic heterocycles. The summed E-state index contributed by atoms with van der Waals surface area (Å²) in [5, 5.41) is 0. The molecule has 0 aliphatic rings. The molecule has 2 aromatic rings. The van der Waals surface area contributed by atoms with E-state index in [1.807, 2.05) is 55.5 Å². The van der Waals surface area contributed by atoms with Crippen molar-refractivity contribution < 1.29 is 19.1 Å². The zero-order valence-electron chi connectivity index (χ0n) is 14.7. The molecule has 0 aliphatic carbocycles. The van der Waals surface area contributed by atoms with Gasteiger partial charge in [0.1, 0.15) is 0 Å². The van der Waals surface area contributed by atoms with Gasteiger partial charge in [0.05, 0.1) is 7.11 Å². The molecular formula is C21H24O4. The predicted octanol–water partition coefficient (Wildman–Crippen LogP) is 4.14. The van der Waals surface area contributed by atoms with Gasteiger partial charge in [0.25, 0.3) is 0 Å². The normalized spacial score (nSPS) is 13.0. The van der Waals surface area contributed by atoms with Crippen molar-refractivity contribution in [3.8, 4) is 0 Å². The number of ketones is 1. The minimum atomic E-state index is -1.20. The Hall–Kier alpha value is -2.46. The molecule has 132 valence electrons. The predicted molar refractivity (Wildman–Crippen MR) is 96.4 cm³/mol. The highest BCUT2D eigenvalue weighted by molar-refractivity contribution is 6.03. The maximum absolute atomic E-state index is 13.4. The lowest BCUT2D eigenvalue weighted by molar-refractivity contribution is -0.142. The van der Waals surface area contributed by atoms with Crippen molar-refractivity contribution in [2.24, 2.45) is 0 Å². The van der Waals surface area contributed by atoms with Crippen molar-refractivity contribution in [3.63, 3.8) is 0 Å². The van der Waals surface area contributed by atoms with Crippen molar-refractivity contribution in [1.82, 2.24) is 0 Å². The number of hydrogen-bond acceptors (Lipinski definition) is 4. The summed E-state index contributed by atoms with van der Waals surface area (Å²) in [7, 11) is 1.35. The molecule has 0 fully saturated rings. The summed E-state index contributed by atoms with van der Waals surface area (Å²) in [6.07, 6.45) is 1.11. The Morgan fingerprint density at radius 1 is 0.960 bits per heavy atom. The quantitative estimate of drug-likeness (QED) is 0.508. The third-order valence-electron chi connectivity index (χ3n) is 4.10. The van der Waals surface area contributed by atoms with Gasteiger partial charge in [-0.3, -0.25) is 9.59 Å². The first-order valence-corrected chi connectivity index (χ1v) is 8.50. The van der Waals surface area contributed by atoms with Gasteiger partial charge in [-0.2, -0.15) is 0 Å². The van der Waals surface area contributed by atoms with E-state index in [-0.39, 0.29) is 24.6 Å². The van der Waals surface area contributed by atoms with Crippen LogP contribution in [0.2, 0.25) is 0 Å². The Morgan fingerprint density at radius 2 is 1.56 bits per heavy atom. The fourth-order valence-electron chi connectivity index (χ4n) is 2.80. The van der Waals surface area contributed by atoms with Crippen LogP contribution in [0.15, 0.2) is 60.7 Å². The van der Waals surface area contributed by atoms with Crippen LogP contribution >= 0.6 is 0 Å². The van der Waals surface area contributed by atoms with E-state index in [1.54, 1.807) is 12.1 Å². The first kappa shape index (κ1) is 18.9. The molecular weight excluding hydrogens is 316 g/mol. The largest absolute Gasteiger partial charge is 0.469 e. The number of carbonyl (C=O) groups excluding carboxylic acids is 2. The summed E-state index contributed by atoms with van der Waals surface area (Å²) in [6, 6.07) is 18.4. The molecule has 4 nitrogen and oxygen atoms in total. The number of methoxy groups -OCH3 is 1. The first-order chi connectivity index (χ1) is 12.1. The Morgan fingerprint density at radius 3 is 2.12 bits per heavy atom. The molecule has 0 N–H and O–H groups in total. The van der Waals surface area contributed by atoms with E-state index >= 15 is 0 Å². The number of hydrogen-bond donors (Lipinski definition) is 0. The summed E-state index contributed by atoms with van der Waals surface area (Å²) >= 11 is 0. The SMILES string of the molecule is CCCOC(CCC(=O)OC)(C(=O)c1ccccc1)c1ccccc1. The molecule has 1 unspecified atom stereocenters. The zero-order valence-corrected chi connectivity index (χ0v) is 14.7. The molecule has 0 saturated heterocycles. The molecule has 2 aromatic carbocycles. The molecule has 25 heavy (non-hydrogen) atoms. The minimum Gasteiger partial charge on any atom is -0.469 e. The Balaban J connectivity index is 2.49. The van der Waals surface area contributed by atoms with E-state index < -0.39 is 5.60 Å². The van der Waals surface area contributed by atoms with Gasteiger partial charge in [0.15, 0.2) is 11.4 Å². The zero-order chi connectivity index (χ0) is 18.1. The van der Waals surface area contributed by atoms with Crippen LogP contribution in [0, 0.1) is 0 Å². The van der Waals surface area contributed by atoms with Crippen molar-refractivity contribution in [2.45, 2.75) is 31.8 Å². The number of carbonyl (C=O) groups is 2. The highest BCUT2D eigenvalue weighted by atomic mass is 16.5. The van der Waals surface area contributed by atoms with Crippen molar-refractivity contribution >= 4 is 11.8 Å². The van der Waals surface area contributed by atoms with Gasteiger partial charge < -0.3 is 9.47 Å². The van der Waals surface area contributed by atoms with Gasteiger partial charge in [0.2, 0.25) is 0 Å². The fourth-order valence-corrected chi connectivity index (χ4v) is 2.80. The van der Waals surface area contributed by atoms with Crippen LogP contribution in [-0.2, 0) is 19.9 Å². The van der Waals surface area contributed by atoms with E-state index in [4.69, 9.17) is 9.47 Å². The number of Topliss-reactive ketones (excluding diaryl/α,β-unsaturated/α-hetero) is 1. The van der Waals surface area contributed by atoms with E-state index in [9.17, 15) is 9.59 Å². The van der Waals surface area contributed by atoms with Gasteiger partial charge in [-0.25, -0.2) is 0 Å². The maximum Gasteiger partial charge on any atom is 0.305 e. The topological polar surface area (TPSA) is 52.6 Å². The van der Waals surface area contributed by atoms with Crippen LogP contribution in [0.25, 0.3) is 0 Å². The van der Waals surface area contributed by atoms with E-state index in [1.165, 1.54) is 7.11 Å². The molecule has 0 spiro atoms. The molecule has 0 radical (unpaired) electrons. The van der Waals surface area contributed by atoms with Gasteiger partial charge in [-0.15, -0.1) is 0 Å². The molecule has 2 rings (SSSR count). The third kappa shape index (κ3) is 4.54. The van der Waals surface area contributed by atoms with Crippen LogP contribution < -0.4 is 0 Å². The highest BCUT2D eigenvalue weighted by Crippen LogP contribution is 2.35. The van der Waals surface area contributed by atoms with Crippen molar-refractivity contribution in [1.29, 1.82) is 0 Å². The summed E-state index contributed by atoms with van der Waals surface area (Å²) < 4.78 is 10.9.